The Labute approximate surface area is 174 Å². The van der Waals surface area contributed by atoms with Crippen molar-refractivity contribution in [3.8, 4) is 0 Å². The highest BCUT2D eigenvalue weighted by Crippen LogP contribution is 2.22. The Morgan fingerprint density at radius 3 is 2.57 bits per heavy atom. The van der Waals surface area contributed by atoms with E-state index in [2.05, 4.69) is 10.4 Å². The third-order valence-electron chi connectivity index (χ3n) is 5.93. The molecule has 4 rings (SSSR count). The van der Waals surface area contributed by atoms with Gasteiger partial charge in [-0.05, 0) is 31.9 Å². The topological polar surface area (TPSA) is 89.2 Å². The molecule has 8 heteroatoms. The monoisotopic (exact) mass is 407 g/mol. The Hall–Kier alpha value is -3.42. The predicted octanol–water partition coefficient (Wildman–Crippen LogP) is 1.76. The number of amides is 2. The molecule has 0 saturated carbocycles. The third kappa shape index (κ3) is 3.38. The predicted molar refractivity (Wildman–Crippen MR) is 114 cm³/mol. The number of anilines is 1. The highest BCUT2D eigenvalue weighted by molar-refractivity contribution is 5.95. The van der Waals surface area contributed by atoms with E-state index >= 15 is 0 Å². The van der Waals surface area contributed by atoms with Crippen LogP contribution in [0.5, 0.6) is 0 Å². The molecule has 1 aromatic carbocycles. The van der Waals surface area contributed by atoms with Crippen LogP contribution in [0.15, 0.2) is 35.3 Å². The van der Waals surface area contributed by atoms with E-state index < -0.39 is 0 Å². The lowest BCUT2D eigenvalue weighted by Gasteiger charge is -2.38. The number of aromatic nitrogens is 3. The van der Waals surface area contributed by atoms with E-state index in [0.29, 0.717) is 18.8 Å². The molecule has 1 aliphatic rings. The fourth-order valence-corrected chi connectivity index (χ4v) is 3.88. The van der Waals surface area contributed by atoms with Gasteiger partial charge in [0.2, 0.25) is 11.8 Å². The fraction of sp³-hybridized carbons (Fsp3) is 0.364. The zero-order chi connectivity index (χ0) is 21.6. The number of para-hydroxylation sites is 1. The van der Waals surface area contributed by atoms with Crippen molar-refractivity contribution in [3.05, 3.63) is 57.6 Å². The van der Waals surface area contributed by atoms with E-state index in [1.165, 1.54) is 4.57 Å². The van der Waals surface area contributed by atoms with Crippen molar-refractivity contribution in [1.82, 2.24) is 19.2 Å². The van der Waals surface area contributed by atoms with Crippen LogP contribution in [0.2, 0.25) is 0 Å². The van der Waals surface area contributed by atoms with Crippen LogP contribution in [-0.4, -0.2) is 44.2 Å². The third-order valence-corrected chi connectivity index (χ3v) is 5.93. The second-order valence-corrected chi connectivity index (χ2v) is 7.97. The molecule has 0 bridgehead atoms. The Bertz CT molecular complexity index is 1220. The second kappa shape index (κ2) is 7.44. The lowest BCUT2D eigenvalue weighted by molar-refractivity contribution is -0.141. The van der Waals surface area contributed by atoms with Crippen LogP contribution in [0.4, 0.5) is 5.69 Å². The number of pyridine rings is 1. The highest BCUT2D eigenvalue weighted by Gasteiger charge is 2.36. The molecule has 0 aliphatic carbocycles. The molecule has 0 atom stereocenters. The molecule has 0 spiro atoms. The lowest BCUT2D eigenvalue weighted by Crippen LogP contribution is -2.55. The molecule has 1 aliphatic heterocycles. The van der Waals surface area contributed by atoms with Crippen molar-refractivity contribution in [2.45, 2.75) is 27.3 Å². The Kier molecular flexibility index (Phi) is 4.93. The number of benzene rings is 1. The van der Waals surface area contributed by atoms with Gasteiger partial charge >= 0.3 is 0 Å². The number of carbonyl (C=O) groups is 2. The minimum Gasteiger partial charge on any atom is -0.339 e. The molecule has 0 radical (unpaired) electrons. The molecule has 1 N–H and O–H groups in total. The summed E-state index contributed by atoms with van der Waals surface area (Å²) in [6.45, 7) is 6.38. The van der Waals surface area contributed by atoms with E-state index in [1.54, 1.807) is 21.8 Å². The molecule has 2 aromatic heterocycles. The Balaban J connectivity index is 1.45. The van der Waals surface area contributed by atoms with Crippen molar-refractivity contribution in [3.63, 3.8) is 0 Å². The number of nitrogens with zero attached hydrogens (tertiary/aromatic N) is 4. The zero-order valence-corrected chi connectivity index (χ0v) is 17.6. The minimum atomic E-state index is -0.262. The molecule has 2 amide bonds. The molecule has 0 unspecified atom stereocenters. The van der Waals surface area contributed by atoms with Crippen molar-refractivity contribution < 1.29 is 9.59 Å². The van der Waals surface area contributed by atoms with Gasteiger partial charge in [-0.1, -0.05) is 18.2 Å². The first-order chi connectivity index (χ1) is 14.3. The summed E-state index contributed by atoms with van der Waals surface area (Å²) in [5.41, 5.74) is 4.00. The van der Waals surface area contributed by atoms with Crippen LogP contribution in [0.1, 0.15) is 16.8 Å². The largest absolute Gasteiger partial charge is 0.339 e. The number of hydrogen-bond donors (Lipinski definition) is 1. The molecule has 156 valence electrons. The molecule has 1 fully saturated rings. The standard InChI is InChI=1S/C22H25N5O3/c1-13-6-5-7-17-14(2)8-19(28)27(21(13)17)12-20(29)26-10-16(11-26)22(30)24-18-9-23-25(4)15(18)3/h5-9,16H,10-12H2,1-4H3,(H,24,30). The maximum absolute atomic E-state index is 12.8. The second-order valence-electron chi connectivity index (χ2n) is 7.97. The number of fused-ring (bicyclic) bond motifs is 1. The smallest absolute Gasteiger partial charge is 0.251 e. The summed E-state index contributed by atoms with van der Waals surface area (Å²) in [5, 5.41) is 7.96. The lowest BCUT2D eigenvalue weighted by atomic mass is 9.99. The van der Waals surface area contributed by atoms with Crippen molar-refractivity contribution in [2.24, 2.45) is 13.0 Å². The first-order valence-corrected chi connectivity index (χ1v) is 9.93. The highest BCUT2D eigenvalue weighted by atomic mass is 16.2. The van der Waals surface area contributed by atoms with Crippen LogP contribution < -0.4 is 10.9 Å². The molecule has 3 aromatic rings. The number of aryl methyl sites for hydroxylation is 3. The number of rotatable bonds is 4. The summed E-state index contributed by atoms with van der Waals surface area (Å²) in [6.07, 6.45) is 1.62. The van der Waals surface area contributed by atoms with Crippen LogP contribution in [0.3, 0.4) is 0 Å². The molecule has 8 nitrogen and oxygen atoms in total. The maximum Gasteiger partial charge on any atom is 0.251 e. The van der Waals surface area contributed by atoms with E-state index in [-0.39, 0.29) is 29.8 Å². The molecular formula is C22H25N5O3. The molecular weight excluding hydrogens is 382 g/mol. The summed E-state index contributed by atoms with van der Waals surface area (Å²) >= 11 is 0. The summed E-state index contributed by atoms with van der Waals surface area (Å²) in [5.74, 6) is -0.544. The Morgan fingerprint density at radius 2 is 1.90 bits per heavy atom. The molecule has 3 heterocycles. The van der Waals surface area contributed by atoms with E-state index in [9.17, 15) is 14.4 Å². The van der Waals surface area contributed by atoms with Gasteiger partial charge in [0.25, 0.3) is 5.56 Å². The van der Waals surface area contributed by atoms with Gasteiger partial charge < -0.3 is 10.2 Å². The first kappa shape index (κ1) is 19.9. The summed E-state index contributed by atoms with van der Waals surface area (Å²) < 4.78 is 3.23. The maximum atomic E-state index is 12.8. The summed E-state index contributed by atoms with van der Waals surface area (Å²) in [4.78, 5) is 39.5. The fourth-order valence-electron chi connectivity index (χ4n) is 3.88. The van der Waals surface area contributed by atoms with Crippen molar-refractivity contribution in [2.75, 3.05) is 18.4 Å². The number of nitrogens with one attached hydrogen (secondary N) is 1. The minimum absolute atomic E-state index is 0.0312. The Morgan fingerprint density at radius 1 is 1.17 bits per heavy atom. The average molecular weight is 407 g/mol. The van der Waals surface area contributed by atoms with Gasteiger partial charge in [-0.25, -0.2) is 0 Å². The van der Waals surface area contributed by atoms with Gasteiger partial charge in [0, 0.05) is 31.6 Å². The van der Waals surface area contributed by atoms with E-state index in [1.807, 2.05) is 46.0 Å². The normalized spacial score (nSPS) is 14.1. The molecule has 30 heavy (non-hydrogen) atoms. The van der Waals surface area contributed by atoms with Gasteiger partial charge in [0.15, 0.2) is 0 Å². The van der Waals surface area contributed by atoms with Gasteiger partial charge in [-0.15, -0.1) is 0 Å². The van der Waals surface area contributed by atoms with Gasteiger partial charge in [-0.2, -0.15) is 5.10 Å². The first-order valence-electron chi connectivity index (χ1n) is 9.93. The van der Waals surface area contributed by atoms with Crippen LogP contribution in [0, 0.1) is 26.7 Å². The van der Waals surface area contributed by atoms with Crippen molar-refractivity contribution in [1.29, 1.82) is 0 Å². The summed E-state index contributed by atoms with van der Waals surface area (Å²) in [6, 6.07) is 7.41. The van der Waals surface area contributed by atoms with E-state index in [4.69, 9.17) is 0 Å². The van der Waals surface area contributed by atoms with Crippen LogP contribution in [0.25, 0.3) is 10.9 Å². The van der Waals surface area contributed by atoms with Crippen LogP contribution >= 0.6 is 0 Å². The number of likely N-dealkylation sites (tertiary alicyclic amines) is 1. The molecule has 1 saturated heterocycles. The van der Waals surface area contributed by atoms with Gasteiger partial charge in [0.1, 0.15) is 6.54 Å². The number of carbonyl (C=O) groups excluding carboxylic acids is 2. The number of hydrogen-bond acceptors (Lipinski definition) is 4. The average Bonchev–Trinajstić information content (AvgIpc) is 2.96. The zero-order valence-electron chi connectivity index (χ0n) is 17.6. The van der Waals surface area contributed by atoms with Gasteiger partial charge in [0.05, 0.1) is 29.0 Å². The summed E-state index contributed by atoms with van der Waals surface area (Å²) in [7, 11) is 1.81. The van der Waals surface area contributed by atoms with Crippen molar-refractivity contribution >= 4 is 28.4 Å². The van der Waals surface area contributed by atoms with E-state index in [0.717, 1.165) is 27.7 Å². The quantitative estimate of drug-likeness (QED) is 0.714. The van der Waals surface area contributed by atoms with Gasteiger partial charge in [-0.3, -0.25) is 23.6 Å². The van der Waals surface area contributed by atoms with Crippen LogP contribution in [-0.2, 0) is 23.2 Å². The SMILES string of the molecule is Cc1cc(=O)n(CC(=O)N2CC(C(=O)Nc3cnn(C)c3C)C2)c2c(C)cccc12.